The standard InChI is InChI=1S/C26H27N7O/c34-26(19-2-3-19)33-12-10-32(11-13-33)17-18-6-9-27-21(14-18)16-24-30-22-5-4-20(15-23(22)31-24)25-28-7-1-8-29-25/h1,4-9,14-15,19H,2-3,10-13,16-17H2,(H,30,31). The van der Waals surface area contributed by atoms with E-state index in [2.05, 4.69) is 37.0 Å². The predicted molar refractivity (Wildman–Crippen MR) is 129 cm³/mol. The number of piperazine rings is 1. The van der Waals surface area contributed by atoms with Crippen LogP contribution in [0.25, 0.3) is 22.4 Å². The molecule has 1 saturated carbocycles. The number of fused-ring (bicyclic) bond motifs is 1. The lowest BCUT2D eigenvalue weighted by molar-refractivity contribution is -0.134. The molecule has 1 N–H and O–H groups in total. The van der Waals surface area contributed by atoms with Crippen LogP contribution in [0.2, 0.25) is 0 Å². The molecule has 4 aromatic rings. The number of rotatable bonds is 6. The highest BCUT2D eigenvalue weighted by Crippen LogP contribution is 2.31. The van der Waals surface area contributed by atoms with E-state index in [1.165, 1.54) is 5.56 Å². The van der Waals surface area contributed by atoms with Crippen LogP contribution < -0.4 is 0 Å². The molecule has 0 unspecified atom stereocenters. The highest BCUT2D eigenvalue weighted by molar-refractivity contribution is 5.81. The van der Waals surface area contributed by atoms with E-state index in [0.717, 1.165) is 73.7 Å². The van der Waals surface area contributed by atoms with Crippen LogP contribution in [0.1, 0.15) is 29.9 Å². The summed E-state index contributed by atoms with van der Waals surface area (Å²) in [5.74, 6) is 2.26. The Morgan fingerprint density at radius 1 is 0.971 bits per heavy atom. The molecule has 1 aliphatic heterocycles. The van der Waals surface area contributed by atoms with Gasteiger partial charge in [-0.2, -0.15) is 0 Å². The molecule has 2 fully saturated rings. The molecule has 172 valence electrons. The second-order valence-corrected chi connectivity index (χ2v) is 9.20. The minimum absolute atomic E-state index is 0.311. The molecular formula is C26H27N7O. The summed E-state index contributed by atoms with van der Waals surface area (Å²) in [4.78, 5) is 38.2. The number of aromatic nitrogens is 5. The topological polar surface area (TPSA) is 90.9 Å². The molecule has 0 spiro atoms. The van der Waals surface area contributed by atoms with Gasteiger partial charge in [0.1, 0.15) is 5.82 Å². The number of H-pyrrole nitrogens is 1. The number of amides is 1. The Morgan fingerprint density at radius 3 is 2.59 bits per heavy atom. The average Bonchev–Trinajstić information content (AvgIpc) is 3.64. The number of aromatic amines is 1. The molecule has 4 heterocycles. The van der Waals surface area contributed by atoms with Crippen molar-refractivity contribution in [3.63, 3.8) is 0 Å². The molecule has 0 bridgehead atoms. The van der Waals surface area contributed by atoms with Crippen molar-refractivity contribution < 1.29 is 4.79 Å². The number of carbonyl (C=O) groups excluding carboxylic acids is 1. The van der Waals surface area contributed by atoms with Crippen LogP contribution in [0, 0.1) is 5.92 Å². The molecule has 1 aliphatic carbocycles. The van der Waals surface area contributed by atoms with Crippen molar-refractivity contribution in [3.05, 3.63) is 72.1 Å². The first-order chi connectivity index (χ1) is 16.7. The SMILES string of the molecule is O=C(C1CC1)N1CCN(Cc2ccnc(Cc3nc4ccc(-c5ncccn5)cc4[nH]3)c2)CC1. The third-order valence-electron chi connectivity index (χ3n) is 6.60. The van der Waals surface area contributed by atoms with E-state index in [9.17, 15) is 4.79 Å². The molecule has 3 aromatic heterocycles. The number of nitrogens with zero attached hydrogens (tertiary/aromatic N) is 6. The number of imidazole rings is 1. The van der Waals surface area contributed by atoms with Crippen LogP contribution in [0.4, 0.5) is 0 Å². The summed E-state index contributed by atoms with van der Waals surface area (Å²) in [7, 11) is 0. The summed E-state index contributed by atoms with van der Waals surface area (Å²) in [6, 6.07) is 12.1. The summed E-state index contributed by atoms with van der Waals surface area (Å²) in [6.45, 7) is 4.40. The molecule has 34 heavy (non-hydrogen) atoms. The van der Waals surface area contributed by atoms with Gasteiger partial charge in [-0.25, -0.2) is 15.0 Å². The van der Waals surface area contributed by atoms with E-state index < -0.39 is 0 Å². The second-order valence-electron chi connectivity index (χ2n) is 9.20. The van der Waals surface area contributed by atoms with Crippen LogP contribution in [-0.2, 0) is 17.8 Å². The van der Waals surface area contributed by atoms with Crippen LogP contribution in [-0.4, -0.2) is 66.8 Å². The van der Waals surface area contributed by atoms with Gasteiger partial charge in [0.05, 0.1) is 11.0 Å². The average molecular weight is 454 g/mol. The van der Waals surface area contributed by atoms with Gasteiger partial charge in [-0.05, 0) is 54.8 Å². The minimum Gasteiger partial charge on any atom is -0.342 e. The van der Waals surface area contributed by atoms with Gasteiger partial charge in [0.25, 0.3) is 0 Å². The van der Waals surface area contributed by atoms with Crippen LogP contribution >= 0.6 is 0 Å². The van der Waals surface area contributed by atoms with Gasteiger partial charge >= 0.3 is 0 Å². The van der Waals surface area contributed by atoms with Crippen LogP contribution in [0.15, 0.2) is 55.0 Å². The minimum atomic E-state index is 0.311. The Morgan fingerprint density at radius 2 is 1.79 bits per heavy atom. The number of hydrogen-bond donors (Lipinski definition) is 1. The Hall–Kier alpha value is -3.65. The van der Waals surface area contributed by atoms with Crippen molar-refractivity contribution in [1.82, 2.24) is 34.7 Å². The normalized spacial score (nSPS) is 16.8. The fourth-order valence-electron chi connectivity index (χ4n) is 4.60. The van der Waals surface area contributed by atoms with Crippen molar-refractivity contribution in [2.75, 3.05) is 26.2 Å². The molecule has 1 saturated heterocycles. The Kier molecular flexibility index (Phi) is 5.50. The summed E-state index contributed by atoms with van der Waals surface area (Å²) >= 11 is 0. The molecule has 6 rings (SSSR count). The molecule has 0 atom stereocenters. The fourth-order valence-corrected chi connectivity index (χ4v) is 4.60. The molecule has 1 aromatic carbocycles. The maximum absolute atomic E-state index is 12.3. The smallest absolute Gasteiger partial charge is 0.225 e. The Balaban J connectivity index is 1.11. The van der Waals surface area contributed by atoms with E-state index >= 15 is 0 Å². The zero-order valence-corrected chi connectivity index (χ0v) is 19.0. The van der Waals surface area contributed by atoms with E-state index in [1.54, 1.807) is 12.4 Å². The number of pyridine rings is 1. The monoisotopic (exact) mass is 453 g/mol. The summed E-state index contributed by atoms with van der Waals surface area (Å²) in [6.07, 6.45) is 8.17. The third-order valence-corrected chi connectivity index (χ3v) is 6.60. The largest absolute Gasteiger partial charge is 0.342 e. The quantitative estimate of drug-likeness (QED) is 0.483. The summed E-state index contributed by atoms with van der Waals surface area (Å²) in [5, 5.41) is 0. The van der Waals surface area contributed by atoms with Gasteiger partial charge in [0.2, 0.25) is 5.91 Å². The van der Waals surface area contributed by atoms with Crippen molar-refractivity contribution in [2.24, 2.45) is 5.92 Å². The maximum atomic E-state index is 12.3. The van der Waals surface area contributed by atoms with E-state index in [4.69, 9.17) is 4.98 Å². The maximum Gasteiger partial charge on any atom is 0.225 e. The first-order valence-corrected chi connectivity index (χ1v) is 11.9. The fraction of sp³-hybridized carbons (Fsp3) is 0.346. The highest BCUT2D eigenvalue weighted by atomic mass is 16.2. The molecular weight excluding hydrogens is 426 g/mol. The van der Waals surface area contributed by atoms with Crippen molar-refractivity contribution in [1.29, 1.82) is 0 Å². The van der Waals surface area contributed by atoms with Gasteiger partial charge < -0.3 is 9.88 Å². The highest BCUT2D eigenvalue weighted by Gasteiger charge is 2.34. The van der Waals surface area contributed by atoms with Crippen molar-refractivity contribution in [3.8, 4) is 11.4 Å². The summed E-state index contributed by atoms with van der Waals surface area (Å²) in [5.41, 5.74) is 5.08. The zero-order valence-electron chi connectivity index (χ0n) is 19.0. The lowest BCUT2D eigenvalue weighted by atomic mass is 10.1. The van der Waals surface area contributed by atoms with Gasteiger partial charge in [-0.1, -0.05) is 0 Å². The number of nitrogens with one attached hydrogen (secondary N) is 1. The predicted octanol–water partition coefficient (Wildman–Crippen LogP) is 3.06. The van der Waals surface area contributed by atoms with E-state index in [-0.39, 0.29) is 0 Å². The lowest BCUT2D eigenvalue weighted by Crippen LogP contribution is -2.48. The molecule has 8 nitrogen and oxygen atoms in total. The van der Waals surface area contributed by atoms with Crippen LogP contribution in [0.3, 0.4) is 0 Å². The van der Waals surface area contributed by atoms with Crippen molar-refractivity contribution in [2.45, 2.75) is 25.8 Å². The molecule has 0 radical (unpaired) electrons. The molecule has 1 amide bonds. The van der Waals surface area contributed by atoms with Gasteiger partial charge in [0.15, 0.2) is 5.82 Å². The van der Waals surface area contributed by atoms with Gasteiger partial charge in [-0.15, -0.1) is 0 Å². The second kappa shape index (κ2) is 8.95. The van der Waals surface area contributed by atoms with E-state index in [1.807, 2.05) is 35.4 Å². The van der Waals surface area contributed by atoms with Crippen LogP contribution in [0.5, 0.6) is 0 Å². The zero-order chi connectivity index (χ0) is 22.9. The van der Waals surface area contributed by atoms with Gasteiger partial charge in [0, 0.05) is 74.9 Å². The van der Waals surface area contributed by atoms with Gasteiger partial charge in [-0.3, -0.25) is 14.7 Å². The van der Waals surface area contributed by atoms with E-state index in [0.29, 0.717) is 24.1 Å². The third kappa shape index (κ3) is 4.54. The lowest BCUT2D eigenvalue weighted by Gasteiger charge is -2.35. The number of carbonyl (C=O) groups is 1. The summed E-state index contributed by atoms with van der Waals surface area (Å²) < 4.78 is 0. The molecule has 2 aliphatic rings. The number of benzene rings is 1. The Labute approximate surface area is 198 Å². The molecule has 8 heteroatoms. The van der Waals surface area contributed by atoms with Crippen molar-refractivity contribution >= 4 is 16.9 Å². The number of hydrogen-bond acceptors (Lipinski definition) is 6. The Bertz CT molecular complexity index is 1310. The first-order valence-electron chi connectivity index (χ1n) is 11.9. The first kappa shape index (κ1) is 20.9.